The molecule has 0 aromatic carbocycles. The molecule has 0 spiro atoms. The topological polar surface area (TPSA) is 0 Å². The van der Waals surface area contributed by atoms with Crippen LogP contribution in [0.15, 0.2) is 0 Å². The molecule has 0 aromatic heterocycles. The summed E-state index contributed by atoms with van der Waals surface area (Å²) in [7, 11) is 0. The van der Waals surface area contributed by atoms with Gasteiger partial charge in [0.15, 0.2) is 0 Å². The number of unbranched alkanes of at least 4 members (excludes halogenated alkanes) is 1. The maximum atomic E-state index is 2.43. The zero-order valence-electron chi connectivity index (χ0n) is 8.74. The first-order chi connectivity index (χ1) is 5.24. The Labute approximate surface area is 77.4 Å². The molecule has 0 aliphatic carbocycles. The van der Waals surface area contributed by atoms with Crippen molar-refractivity contribution < 1.29 is 0 Å². The van der Waals surface area contributed by atoms with Crippen molar-refractivity contribution >= 4 is 21.2 Å². The molecule has 0 nitrogen and oxygen atoms in total. The average molecular weight is 352 g/mol. The Morgan fingerprint density at radius 2 is 1.27 bits per heavy atom. The Hall–Kier alpha value is 0.922. The molecule has 0 heterocycles. The minimum atomic E-state index is -1.59. The van der Waals surface area contributed by atoms with E-state index in [-0.39, 0.29) is 0 Å². The molecular weight excluding hydrogens is 327 g/mol. The summed E-state index contributed by atoms with van der Waals surface area (Å²) in [5.74, 6) is 0. The number of rotatable bonds is 6. The van der Waals surface area contributed by atoms with Gasteiger partial charge in [-0.25, -0.2) is 0 Å². The molecule has 0 aliphatic rings. The average Bonchev–Trinajstić information content (AvgIpc) is 2.08. The Morgan fingerprint density at radius 3 is 1.55 bits per heavy atom. The Balaban J connectivity index is 3.84. The van der Waals surface area contributed by atoms with Gasteiger partial charge in [0, 0.05) is 0 Å². The van der Waals surface area contributed by atoms with Crippen molar-refractivity contribution in [2.45, 2.75) is 56.5 Å². The van der Waals surface area contributed by atoms with Crippen LogP contribution in [0.3, 0.4) is 0 Å². The zero-order valence-corrected chi connectivity index (χ0v) is 12.6. The van der Waals surface area contributed by atoms with Gasteiger partial charge in [0.1, 0.15) is 0 Å². The van der Waals surface area contributed by atoms with E-state index in [4.69, 9.17) is 0 Å². The summed E-state index contributed by atoms with van der Waals surface area (Å²) in [5.41, 5.74) is 0. The fraction of sp³-hybridized carbons (Fsp3) is 1.00. The van der Waals surface area contributed by atoms with Gasteiger partial charge in [0.25, 0.3) is 0 Å². The summed E-state index contributed by atoms with van der Waals surface area (Å²) < 4.78 is 6.41. The molecule has 0 fully saturated rings. The zero-order chi connectivity index (χ0) is 8.74. The van der Waals surface area contributed by atoms with E-state index in [1.807, 2.05) is 0 Å². The van der Waals surface area contributed by atoms with Crippen LogP contribution in [0, 0.1) is 0 Å². The van der Waals surface area contributed by atoms with E-state index in [1.165, 1.54) is 12.8 Å². The molecule has 0 radical (unpaired) electrons. The van der Waals surface area contributed by atoms with E-state index >= 15 is 0 Å². The minimum absolute atomic E-state index is 1.40. The Morgan fingerprint density at radius 1 is 0.818 bits per heavy atom. The van der Waals surface area contributed by atoms with Crippen molar-refractivity contribution in [3.8, 4) is 0 Å². The van der Waals surface area contributed by atoms with Gasteiger partial charge in [-0.15, -0.1) is 0 Å². The van der Waals surface area contributed by atoms with Crippen LogP contribution in [0.4, 0.5) is 0 Å². The molecule has 0 saturated heterocycles. The predicted molar refractivity (Wildman–Crippen MR) is 56.9 cm³/mol. The van der Waals surface area contributed by atoms with E-state index in [9.17, 15) is 0 Å². The second kappa shape index (κ2) is 6.44. The van der Waals surface area contributed by atoms with Crippen molar-refractivity contribution in [3.05, 3.63) is 0 Å². The third kappa shape index (κ3) is 3.90. The molecule has 0 atom stereocenters. The molecule has 68 valence electrons. The molecule has 0 saturated carbocycles. The molecule has 0 aliphatic heterocycles. The predicted octanol–water partition coefficient (Wildman–Crippen LogP) is 4.30. The molecule has 0 unspecified atom stereocenters. The van der Waals surface area contributed by atoms with Crippen LogP contribution in [0.25, 0.3) is 0 Å². The fourth-order valence-corrected chi connectivity index (χ4v) is 16.1. The van der Waals surface area contributed by atoms with Crippen LogP contribution in [0.2, 0.25) is 15.9 Å². The molecule has 1 heteroatoms. The molecule has 0 N–H and O–H groups in total. The Bertz CT molecular complexity index is 76.6. The molecule has 11 heavy (non-hydrogen) atoms. The van der Waals surface area contributed by atoms with Gasteiger partial charge in [-0.1, -0.05) is 0 Å². The first-order valence-corrected chi connectivity index (χ1v) is 16.2. The first-order valence-electron chi connectivity index (χ1n) is 5.24. The first kappa shape index (κ1) is 11.9. The van der Waals surface area contributed by atoms with E-state index in [2.05, 4.69) is 27.7 Å². The summed E-state index contributed by atoms with van der Waals surface area (Å²) >= 11 is -1.59. The quantitative estimate of drug-likeness (QED) is 0.626. The SMILES string of the molecule is CCC[CH2][Pb]([CH2]C)([CH2]C)[CH2]C. The number of hydrogen-bond donors (Lipinski definition) is 0. The van der Waals surface area contributed by atoms with E-state index in [1.54, 1.807) is 15.9 Å². The van der Waals surface area contributed by atoms with Gasteiger partial charge in [0.2, 0.25) is 0 Å². The molecular formula is C10H24Pb. The normalized spacial score (nSPS) is 12.0. The maximum absolute atomic E-state index is 2.43. The van der Waals surface area contributed by atoms with Crippen LogP contribution >= 0.6 is 0 Å². The van der Waals surface area contributed by atoms with Crippen LogP contribution in [0.5, 0.6) is 0 Å². The van der Waals surface area contributed by atoms with Crippen LogP contribution in [-0.2, 0) is 0 Å². The van der Waals surface area contributed by atoms with Crippen molar-refractivity contribution in [1.82, 2.24) is 0 Å². The summed E-state index contributed by atoms with van der Waals surface area (Å²) in [6.07, 6.45) is 2.92. The van der Waals surface area contributed by atoms with E-state index in [0.29, 0.717) is 0 Å². The van der Waals surface area contributed by atoms with Gasteiger partial charge in [-0.05, 0) is 0 Å². The second-order valence-corrected chi connectivity index (χ2v) is 25.5. The molecule has 0 rings (SSSR count). The fourth-order valence-electron chi connectivity index (χ4n) is 1.83. The third-order valence-corrected chi connectivity index (χ3v) is 26.3. The van der Waals surface area contributed by atoms with E-state index in [0.717, 1.165) is 0 Å². The monoisotopic (exact) mass is 352 g/mol. The van der Waals surface area contributed by atoms with Crippen molar-refractivity contribution in [2.75, 3.05) is 0 Å². The summed E-state index contributed by atoms with van der Waals surface area (Å²) in [6, 6.07) is 0. The van der Waals surface area contributed by atoms with Gasteiger partial charge in [-0.2, -0.15) is 0 Å². The van der Waals surface area contributed by atoms with Crippen molar-refractivity contribution in [1.29, 1.82) is 0 Å². The van der Waals surface area contributed by atoms with Gasteiger partial charge < -0.3 is 0 Å². The molecule has 0 bridgehead atoms. The standard InChI is InChI=1S/C4H9.3C2H5.Pb/c1-3-4-2;3*1-2;/h1,3-4H2,2H3;3*1H2,2H3;. The molecule has 0 aromatic rings. The summed E-state index contributed by atoms with van der Waals surface area (Å²) in [5, 5.41) is 0. The van der Waals surface area contributed by atoms with Gasteiger partial charge in [-0.3, -0.25) is 0 Å². The molecule has 0 amide bonds. The van der Waals surface area contributed by atoms with Gasteiger partial charge >= 0.3 is 77.6 Å². The van der Waals surface area contributed by atoms with Gasteiger partial charge in [0.05, 0.1) is 0 Å². The summed E-state index contributed by atoms with van der Waals surface area (Å²) in [4.78, 5) is 0. The van der Waals surface area contributed by atoms with Crippen LogP contribution < -0.4 is 0 Å². The Kier molecular flexibility index (Phi) is 6.98. The second-order valence-electron chi connectivity index (χ2n) is 3.66. The number of hydrogen-bond acceptors (Lipinski definition) is 0. The summed E-state index contributed by atoms with van der Waals surface area (Å²) in [6.45, 7) is 9.62. The van der Waals surface area contributed by atoms with Crippen LogP contribution in [0.1, 0.15) is 40.5 Å². The third-order valence-electron chi connectivity index (χ3n) is 3.31. The van der Waals surface area contributed by atoms with Crippen LogP contribution in [-0.4, -0.2) is 21.2 Å². The van der Waals surface area contributed by atoms with Crippen molar-refractivity contribution in [2.24, 2.45) is 0 Å². The van der Waals surface area contributed by atoms with Crippen molar-refractivity contribution in [3.63, 3.8) is 0 Å². The van der Waals surface area contributed by atoms with E-state index < -0.39 is 21.2 Å².